The lowest BCUT2D eigenvalue weighted by Gasteiger charge is -2.23. The Bertz CT molecular complexity index is 981. The second-order valence-electron chi connectivity index (χ2n) is 6.80. The third-order valence-corrected chi connectivity index (χ3v) is 5.62. The molecule has 1 unspecified atom stereocenters. The molecule has 7 nitrogen and oxygen atoms in total. The molecule has 2 amide bonds. The Labute approximate surface area is 167 Å². The SMILES string of the molecule is Cn1ccnc1-c1csc(NC(=O)C2CCCN2C(=O)Cc2ccccc2)n1. The molecular formula is C20H21N5O2S. The number of likely N-dealkylation sites (tertiary alicyclic amines) is 1. The Morgan fingerprint density at radius 2 is 2.11 bits per heavy atom. The summed E-state index contributed by atoms with van der Waals surface area (Å²) in [6.45, 7) is 0.611. The fourth-order valence-corrected chi connectivity index (χ4v) is 4.14. The first-order chi connectivity index (χ1) is 13.6. The number of anilines is 1. The number of carbonyl (C=O) groups excluding carboxylic acids is 2. The van der Waals surface area contributed by atoms with Crippen molar-refractivity contribution in [3.63, 3.8) is 0 Å². The number of hydrogen-bond acceptors (Lipinski definition) is 5. The van der Waals surface area contributed by atoms with Crippen LogP contribution >= 0.6 is 11.3 Å². The predicted octanol–water partition coefficient (Wildman–Crippen LogP) is 2.72. The van der Waals surface area contributed by atoms with Gasteiger partial charge in [0.25, 0.3) is 0 Å². The highest BCUT2D eigenvalue weighted by molar-refractivity contribution is 7.14. The van der Waals surface area contributed by atoms with E-state index in [1.165, 1.54) is 11.3 Å². The summed E-state index contributed by atoms with van der Waals surface area (Å²) in [5, 5.41) is 5.26. The number of amides is 2. The van der Waals surface area contributed by atoms with Gasteiger partial charge >= 0.3 is 0 Å². The summed E-state index contributed by atoms with van der Waals surface area (Å²) in [6, 6.07) is 9.16. The molecule has 2 aromatic heterocycles. The first-order valence-corrected chi connectivity index (χ1v) is 10.1. The molecule has 0 radical (unpaired) electrons. The van der Waals surface area contributed by atoms with Crippen molar-refractivity contribution in [1.82, 2.24) is 19.4 Å². The molecule has 0 aliphatic carbocycles. The lowest BCUT2D eigenvalue weighted by atomic mass is 10.1. The molecule has 0 saturated carbocycles. The third-order valence-electron chi connectivity index (χ3n) is 4.86. The van der Waals surface area contributed by atoms with Gasteiger partial charge in [0.05, 0.1) is 6.42 Å². The van der Waals surface area contributed by atoms with Gasteiger partial charge in [0, 0.05) is 31.4 Å². The Hall–Kier alpha value is -3.00. The molecule has 0 bridgehead atoms. The number of benzene rings is 1. The van der Waals surface area contributed by atoms with E-state index >= 15 is 0 Å². The van der Waals surface area contributed by atoms with E-state index < -0.39 is 6.04 Å². The predicted molar refractivity (Wildman–Crippen MR) is 108 cm³/mol. The van der Waals surface area contributed by atoms with Crippen LogP contribution in [-0.4, -0.2) is 43.8 Å². The van der Waals surface area contributed by atoms with E-state index in [9.17, 15) is 9.59 Å². The Morgan fingerprint density at radius 3 is 2.86 bits per heavy atom. The molecule has 3 aromatic rings. The van der Waals surface area contributed by atoms with Gasteiger partial charge in [-0.3, -0.25) is 9.59 Å². The standard InChI is InChI=1S/C20H21N5O2S/c1-24-11-9-21-18(24)15-13-28-20(22-15)23-19(27)16-8-5-10-25(16)17(26)12-14-6-3-2-4-7-14/h2-4,6-7,9,11,13,16H,5,8,10,12H2,1H3,(H,22,23,27). The summed E-state index contributed by atoms with van der Waals surface area (Å²) in [6.07, 6.45) is 5.37. The number of hydrogen-bond donors (Lipinski definition) is 1. The van der Waals surface area contributed by atoms with E-state index in [1.807, 2.05) is 53.5 Å². The number of carbonyl (C=O) groups is 2. The van der Waals surface area contributed by atoms with E-state index in [-0.39, 0.29) is 11.8 Å². The molecule has 1 aromatic carbocycles. The van der Waals surface area contributed by atoms with E-state index in [1.54, 1.807) is 11.1 Å². The number of thiazole rings is 1. The van der Waals surface area contributed by atoms with Crippen molar-refractivity contribution < 1.29 is 9.59 Å². The van der Waals surface area contributed by atoms with Crippen LogP contribution in [0.25, 0.3) is 11.5 Å². The summed E-state index contributed by atoms with van der Waals surface area (Å²) >= 11 is 1.36. The molecule has 1 atom stereocenters. The number of rotatable bonds is 5. The minimum atomic E-state index is -0.447. The number of imidazole rings is 1. The number of nitrogens with one attached hydrogen (secondary N) is 1. The Balaban J connectivity index is 1.42. The van der Waals surface area contributed by atoms with E-state index in [4.69, 9.17) is 0 Å². The highest BCUT2D eigenvalue weighted by atomic mass is 32.1. The lowest BCUT2D eigenvalue weighted by molar-refractivity contribution is -0.136. The van der Waals surface area contributed by atoms with Gasteiger partial charge in [-0.05, 0) is 18.4 Å². The van der Waals surface area contributed by atoms with Crippen LogP contribution in [0, 0.1) is 0 Å². The maximum absolute atomic E-state index is 12.8. The van der Waals surface area contributed by atoms with Crippen molar-refractivity contribution >= 4 is 28.3 Å². The van der Waals surface area contributed by atoms with Crippen LogP contribution in [0.2, 0.25) is 0 Å². The van der Waals surface area contributed by atoms with Crippen LogP contribution in [-0.2, 0) is 23.1 Å². The van der Waals surface area contributed by atoms with E-state index in [0.29, 0.717) is 24.5 Å². The zero-order valence-corrected chi connectivity index (χ0v) is 16.4. The maximum Gasteiger partial charge on any atom is 0.248 e. The average Bonchev–Trinajstić information content (AvgIpc) is 3.42. The Kier molecular flexibility index (Phi) is 5.21. The second kappa shape index (κ2) is 7.93. The van der Waals surface area contributed by atoms with Gasteiger partial charge in [-0.25, -0.2) is 9.97 Å². The highest BCUT2D eigenvalue weighted by Gasteiger charge is 2.34. The molecular weight excluding hydrogens is 374 g/mol. The summed E-state index contributed by atoms with van der Waals surface area (Å²) < 4.78 is 1.88. The molecule has 0 spiro atoms. The van der Waals surface area contributed by atoms with Gasteiger partial charge in [-0.1, -0.05) is 30.3 Å². The van der Waals surface area contributed by atoms with Crippen LogP contribution in [0.1, 0.15) is 18.4 Å². The average molecular weight is 395 g/mol. The summed E-state index contributed by atoms with van der Waals surface area (Å²) in [4.78, 5) is 35.9. The largest absolute Gasteiger partial charge is 0.333 e. The van der Waals surface area contributed by atoms with Crippen LogP contribution in [0.5, 0.6) is 0 Å². The molecule has 1 fully saturated rings. The van der Waals surface area contributed by atoms with Gasteiger partial charge in [0.1, 0.15) is 11.7 Å². The van der Waals surface area contributed by atoms with E-state index in [0.717, 1.165) is 23.5 Å². The zero-order chi connectivity index (χ0) is 19.5. The molecule has 4 rings (SSSR count). The molecule has 28 heavy (non-hydrogen) atoms. The van der Waals surface area contributed by atoms with Crippen LogP contribution < -0.4 is 5.32 Å². The monoisotopic (exact) mass is 395 g/mol. The van der Waals surface area contributed by atoms with Crippen molar-refractivity contribution in [3.05, 3.63) is 53.7 Å². The van der Waals surface area contributed by atoms with Crippen molar-refractivity contribution in [1.29, 1.82) is 0 Å². The number of nitrogens with zero attached hydrogens (tertiary/aromatic N) is 4. The smallest absolute Gasteiger partial charge is 0.248 e. The summed E-state index contributed by atoms with van der Waals surface area (Å²) in [7, 11) is 1.90. The van der Waals surface area contributed by atoms with Crippen molar-refractivity contribution in [2.24, 2.45) is 7.05 Å². The van der Waals surface area contributed by atoms with Crippen molar-refractivity contribution in [2.75, 3.05) is 11.9 Å². The molecule has 1 N–H and O–H groups in total. The first-order valence-electron chi connectivity index (χ1n) is 9.19. The molecule has 1 aliphatic heterocycles. The van der Waals surface area contributed by atoms with Crippen LogP contribution in [0.15, 0.2) is 48.1 Å². The topological polar surface area (TPSA) is 80.1 Å². The number of aryl methyl sites for hydroxylation is 1. The third kappa shape index (κ3) is 3.82. The van der Waals surface area contributed by atoms with Gasteiger partial charge in [-0.15, -0.1) is 11.3 Å². The minimum Gasteiger partial charge on any atom is -0.333 e. The normalized spacial score (nSPS) is 16.3. The van der Waals surface area contributed by atoms with E-state index in [2.05, 4.69) is 15.3 Å². The highest BCUT2D eigenvalue weighted by Crippen LogP contribution is 2.25. The zero-order valence-electron chi connectivity index (χ0n) is 15.5. The minimum absolute atomic E-state index is 0.0170. The quantitative estimate of drug-likeness (QED) is 0.720. The molecule has 144 valence electrons. The summed E-state index contributed by atoms with van der Waals surface area (Å²) in [5.74, 6) is 0.550. The summed E-state index contributed by atoms with van der Waals surface area (Å²) in [5.41, 5.74) is 1.68. The van der Waals surface area contributed by atoms with Gasteiger partial charge < -0.3 is 14.8 Å². The van der Waals surface area contributed by atoms with Crippen molar-refractivity contribution in [2.45, 2.75) is 25.3 Å². The second-order valence-corrected chi connectivity index (χ2v) is 7.65. The fourth-order valence-electron chi connectivity index (χ4n) is 3.44. The van der Waals surface area contributed by atoms with Crippen LogP contribution in [0.4, 0.5) is 5.13 Å². The molecule has 1 aliphatic rings. The van der Waals surface area contributed by atoms with Gasteiger partial charge in [0.15, 0.2) is 11.0 Å². The number of aromatic nitrogens is 3. The molecule has 1 saturated heterocycles. The fraction of sp³-hybridized carbons (Fsp3) is 0.300. The molecule has 8 heteroatoms. The van der Waals surface area contributed by atoms with Crippen molar-refractivity contribution in [3.8, 4) is 11.5 Å². The molecule has 3 heterocycles. The first kappa shape index (κ1) is 18.4. The van der Waals surface area contributed by atoms with Gasteiger partial charge in [0.2, 0.25) is 11.8 Å². The lowest BCUT2D eigenvalue weighted by Crippen LogP contribution is -2.43. The maximum atomic E-state index is 12.8. The van der Waals surface area contributed by atoms with Crippen LogP contribution in [0.3, 0.4) is 0 Å². The van der Waals surface area contributed by atoms with Gasteiger partial charge in [-0.2, -0.15) is 0 Å². The Morgan fingerprint density at radius 1 is 1.29 bits per heavy atom.